The molecule has 0 aliphatic carbocycles. The monoisotopic (exact) mass is 323 g/mol. The van der Waals surface area contributed by atoms with E-state index < -0.39 is 0 Å². The van der Waals surface area contributed by atoms with Crippen LogP contribution in [0.25, 0.3) is 0 Å². The number of rotatable bonds is 5. The fraction of sp³-hybridized carbons (Fsp3) is 0.200. The van der Waals surface area contributed by atoms with E-state index >= 15 is 0 Å². The lowest BCUT2D eigenvalue weighted by Gasteiger charge is -2.08. The molecule has 0 spiro atoms. The maximum absolute atomic E-state index is 12.2. The van der Waals surface area contributed by atoms with E-state index in [2.05, 4.69) is 15.6 Å². The van der Waals surface area contributed by atoms with Crippen LogP contribution < -0.4 is 10.6 Å². The second-order valence-corrected chi connectivity index (χ2v) is 5.23. The molecule has 0 unspecified atom stereocenters. The van der Waals surface area contributed by atoms with Gasteiger partial charge < -0.3 is 10.6 Å². The van der Waals surface area contributed by atoms with E-state index in [1.54, 1.807) is 12.1 Å². The van der Waals surface area contributed by atoms with Crippen molar-refractivity contribution in [3.63, 3.8) is 0 Å². The second-order valence-electron chi connectivity index (χ2n) is 4.41. The van der Waals surface area contributed by atoms with Crippen molar-refractivity contribution < 1.29 is 4.79 Å². The average molecular weight is 324 g/mol. The van der Waals surface area contributed by atoms with Crippen molar-refractivity contribution >= 4 is 34.9 Å². The number of nitrogens with zero attached hydrogens (tertiary/aromatic N) is 1. The van der Waals surface area contributed by atoms with Crippen molar-refractivity contribution in [3.8, 4) is 0 Å². The number of hydrogen-bond donors (Lipinski definition) is 2. The molecule has 2 N–H and O–H groups in total. The highest BCUT2D eigenvalue weighted by molar-refractivity contribution is 6.30. The molecule has 0 radical (unpaired) electrons. The molecule has 1 aromatic heterocycles. The first-order chi connectivity index (χ1) is 10.1. The van der Waals surface area contributed by atoms with Crippen LogP contribution in [0.15, 0.2) is 36.4 Å². The quantitative estimate of drug-likeness (QED) is 0.824. The highest BCUT2D eigenvalue weighted by Gasteiger charge is 2.09. The molecule has 110 valence electrons. The van der Waals surface area contributed by atoms with Gasteiger partial charge in [-0.1, -0.05) is 35.3 Å². The van der Waals surface area contributed by atoms with Gasteiger partial charge in [0.05, 0.1) is 0 Å². The lowest BCUT2D eigenvalue weighted by molar-refractivity contribution is 0.0951. The molecule has 2 rings (SSSR count). The number of nitrogens with one attached hydrogen (secondary N) is 2. The van der Waals surface area contributed by atoms with Crippen molar-refractivity contribution in [2.75, 3.05) is 11.9 Å². The minimum Gasteiger partial charge on any atom is -0.370 e. The molecule has 0 saturated heterocycles. The smallest absolute Gasteiger partial charge is 0.251 e. The molecule has 2 aromatic rings. The molecular formula is C15H15Cl2N3O. The predicted octanol–water partition coefficient (Wildman–Crippen LogP) is 3.75. The summed E-state index contributed by atoms with van der Waals surface area (Å²) in [7, 11) is 0. The van der Waals surface area contributed by atoms with Gasteiger partial charge in [0.2, 0.25) is 0 Å². The summed E-state index contributed by atoms with van der Waals surface area (Å²) in [5.41, 5.74) is 1.40. The molecule has 0 saturated carbocycles. The molecule has 0 aliphatic rings. The standard InChI is InChI=1S/C15H15Cl2N3O/c1-2-18-14-8-11(7-13(17)20-14)15(21)19-9-10-4-3-5-12(16)6-10/h3-8H,2,9H2,1H3,(H,18,20)(H,19,21). The van der Waals surface area contributed by atoms with E-state index in [1.165, 1.54) is 6.07 Å². The van der Waals surface area contributed by atoms with E-state index in [1.807, 2.05) is 25.1 Å². The minimum atomic E-state index is -0.210. The first kappa shape index (κ1) is 15.6. The average Bonchev–Trinajstić information content (AvgIpc) is 2.44. The maximum atomic E-state index is 12.2. The Morgan fingerprint density at radius 1 is 1.24 bits per heavy atom. The summed E-state index contributed by atoms with van der Waals surface area (Å²) in [5.74, 6) is 0.372. The maximum Gasteiger partial charge on any atom is 0.251 e. The van der Waals surface area contributed by atoms with Crippen LogP contribution >= 0.6 is 23.2 Å². The normalized spacial score (nSPS) is 10.2. The van der Waals surface area contributed by atoms with Crippen molar-refractivity contribution in [1.29, 1.82) is 0 Å². The topological polar surface area (TPSA) is 54.0 Å². The van der Waals surface area contributed by atoms with E-state index in [-0.39, 0.29) is 11.1 Å². The number of halogens is 2. The predicted molar refractivity (Wildman–Crippen MR) is 86.0 cm³/mol. The van der Waals surface area contributed by atoms with Gasteiger partial charge in [-0.05, 0) is 36.8 Å². The van der Waals surface area contributed by atoms with Gasteiger partial charge in [-0.15, -0.1) is 0 Å². The summed E-state index contributed by atoms with van der Waals surface area (Å²) in [4.78, 5) is 16.2. The summed E-state index contributed by atoms with van der Waals surface area (Å²) >= 11 is 11.8. The second kappa shape index (κ2) is 7.29. The van der Waals surface area contributed by atoms with Gasteiger partial charge in [0.15, 0.2) is 0 Å². The number of benzene rings is 1. The van der Waals surface area contributed by atoms with Crippen molar-refractivity contribution in [1.82, 2.24) is 10.3 Å². The zero-order valence-electron chi connectivity index (χ0n) is 11.5. The molecule has 21 heavy (non-hydrogen) atoms. The summed E-state index contributed by atoms with van der Waals surface area (Å²) < 4.78 is 0. The number of carbonyl (C=O) groups is 1. The Kier molecular flexibility index (Phi) is 5.42. The Labute approximate surface area is 133 Å². The Morgan fingerprint density at radius 2 is 2.05 bits per heavy atom. The molecule has 0 fully saturated rings. The number of hydrogen-bond acceptors (Lipinski definition) is 3. The van der Waals surface area contributed by atoms with Crippen LogP contribution in [0.1, 0.15) is 22.8 Å². The van der Waals surface area contributed by atoms with Crippen molar-refractivity contribution in [3.05, 3.63) is 57.7 Å². The number of amides is 1. The number of pyridine rings is 1. The summed E-state index contributed by atoms with van der Waals surface area (Å²) in [6.07, 6.45) is 0. The molecule has 0 bridgehead atoms. The van der Waals surface area contributed by atoms with E-state index in [9.17, 15) is 4.79 Å². The van der Waals surface area contributed by atoms with Gasteiger partial charge in [-0.2, -0.15) is 0 Å². The molecule has 1 amide bonds. The number of anilines is 1. The molecule has 6 heteroatoms. The third-order valence-electron chi connectivity index (χ3n) is 2.76. The lowest BCUT2D eigenvalue weighted by Crippen LogP contribution is -2.23. The molecule has 0 aliphatic heterocycles. The van der Waals surface area contributed by atoms with Crippen molar-refractivity contribution in [2.24, 2.45) is 0 Å². The van der Waals surface area contributed by atoms with Crippen LogP contribution in [-0.4, -0.2) is 17.4 Å². The molecule has 4 nitrogen and oxygen atoms in total. The zero-order chi connectivity index (χ0) is 15.2. The summed E-state index contributed by atoms with van der Waals surface area (Å²) in [5, 5.41) is 6.78. The molecular weight excluding hydrogens is 309 g/mol. The van der Waals surface area contributed by atoms with Gasteiger partial charge in [0.25, 0.3) is 5.91 Å². The van der Waals surface area contributed by atoms with E-state index in [0.717, 1.165) is 5.56 Å². The van der Waals surface area contributed by atoms with Gasteiger partial charge in [-0.3, -0.25) is 4.79 Å². The van der Waals surface area contributed by atoms with Crippen LogP contribution in [0.2, 0.25) is 10.2 Å². The highest BCUT2D eigenvalue weighted by atomic mass is 35.5. The van der Waals surface area contributed by atoms with Crippen LogP contribution in [0, 0.1) is 0 Å². The SMILES string of the molecule is CCNc1cc(C(=O)NCc2cccc(Cl)c2)cc(Cl)n1. The Hall–Kier alpha value is -1.78. The minimum absolute atomic E-state index is 0.210. The van der Waals surface area contributed by atoms with Crippen LogP contribution in [0.5, 0.6) is 0 Å². The third kappa shape index (κ3) is 4.62. The van der Waals surface area contributed by atoms with E-state index in [0.29, 0.717) is 29.5 Å². The Balaban J connectivity index is 2.06. The zero-order valence-corrected chi connectivity index (χ0v) is 13.0. The molecule has 1 heterocycles. The summed E-state index contributed by atoms with van der Waals surface area (Å²) in [6, 6.07) is 10.5. The fourth-order valence-corrected chi connectivity index (χ4v) is 2.25. The first-order valence-corrected chi connectivity index (χ1v) is 7.28. The number of aromatic nitrogens is 1. The van der Waals surface area contributed by atoms with Crippen LogP contribution in [0.3, 0.4) is 0 Å². The Bertz CT molecular complexity index is 647. The van der Waals surface area contributed by atoms with Gasteiger partial charge >= 0.3 is 0 Å². The first-order valence-electron chi connectivity index (χ1n) is 6.52. The highest BCUT2D eigenvalue weighted by Crippen LogP contribution is 2.15. The Morgan fingerprint density at radius 3 is 2.76 bits per heavy atom. The molecule has 0 atom stereocenters. The number of carbonyl (C=O) groups excluding carboxylic acids is 1. The summed E-state index contributed by atoms with van der Waals surface area (Å²) in [6.45, 7) is 3.05. The van der Waals surface area contributed by atoms with E-state index in [4.69, 9.17) is 23.2 Å². The lowest BCUT2D eigenvalue weighted by atomic mass is 10.2. The third-order valence-corrected chi connectivity index (χ3v) is 3.18. The van der Waals surface area contributed by atoms with Crippen molar-refractivity contribution in [2.45, 2.75) is 13.5 Å². The van der Waals surface area contributed by atoms with Crippen LogP contribution in [0.4, 0.5) is 5.82 Å². The largest absolute Gasteiger partial charge is 0.370 e. The van der Waals surface area contributed by atoms with Gasteiger partial charge in [0, 0.05) is 23.7 Å². The fourth-order valence-electron chi connectivity index (χ4n) is 1.83. The van der Waals surface area contributed by atoms with Gasteiger partial charge in [0.1, 0.15) is 11.0 Å². The molecule has 1 aromatic carbocycles. The van der Waals surface area contributed by atoms with Crippen LogP contribution in [-0.2, 0) is 6.54 Å². The van der Waals surface area contributed by atoms with Gasteiger partial charge in [-0.25, -0.2) is 4.98 Å².